The van der Waals surface area contributed by atoms with Gasteiger partial charge in [0, 0.05) is 25.5 Å². The lowest BCUT2D eigenvalue weighted by Gasteiger charge is -2.30. The first-order valence-corrected chi connectivity index (χ1v) is 11.5. The van der Waals surface area contributed by atoms with Gasteiger partial charge in [-0.2, -0.15) is 5.10 Å². The minimum absolute atomic E-state index is 0.0580. The number of aromatic amines is 1. The molecule has 0 spiro atoms. The molecular weight excluding hydrogens is 459 g/mol. The number of pyridine rings is 1. The SMILES string of the molecule is O=C(O)c1ccc(-c2cccc3c2CCN(C(=O)c2cc(-c4ccn[nH]4)n4ccccc24)C3)cc1F. The Morgan fingerprint density at radius 2 is 1.89 bits per heavy atom. The summed E-state index contributed by atoms with van der Waals surface area (Å²) in [7, 11) is 0. The third kappa shape index (κ3) is 3.54. The molecule has 8 heteroatoms. The zero-order valence-electron chi connectivity index (χ0n) is 19.1. The van der Waals surface area contributed by atoms with Gasteiger partial charge < -0.3 is 14.4 Å². The van der Waals surface area contributed by atoms with Gasteiger partial charge in [-0.3, -0.25) is 9.89 Å². The molecule has 0 bridgehead atoms. The van der Waals surface area contributed by atoms with Crippen molar-refractivity contribution in [1.29, 1.82) is 0 Å². The van der Waals surface area contributed by atoms with Gasteiger partial charge >= 0.3 is 5.97 Å². The highest BCUT2D eigenvalue weighted by Gasteiger charge is 2.27. The molecule has 1 amide bonds. The van der Waals surface area contributed by atoms with Gasteiger partial charge in [0.25, 0.3) is 5.91 Å². The average molecular weight is 480 g/mol. The van der Waals surface area contributed by atoms with Crippen molar-refractivity contribution >= 4 is 17.4 Å². The van der Waals surface area contributed by atoms with Crippen LogP contribution in [-0.2, 0) is 13.0 Å². The molecule has 4 heterocycles. The number of aromatic nitrogens is 3. The van der Waals surface area contributed by atoms with E-state index in [1.165, 1.54) is 12.1 Å². The predicted molar refractivity (Wildman–Crippen MR) is 132 cm³/mol. The number of H-pyrrole nitrogens is 1. The minimum Gasteiger partial charge on any atom is -0.478 e. The van der Waals surface area contributed by atoms with Gasteiger partial charge in [-0.15, -0.1) is 0 Å². The van der Waals surface area contributed by atoms with Crippen molar-refractivity contribution in [2.24, 2.45) is 0 Å². The molecule has 7 nitrogen and oxygen atoms in total. The number of benzene rings is 2. The molecule has 36 heavy (non-hydrogen) atoms. The molecule has 0 fully saturated rings. The normalized spacial score (nSPS) is 13.1. The summed E-state index contributed by atoms with van der Waals surface area (Å²) in [5, 5.41) is 16.1. The van der Waals surface area contributed by atoms with Gasteiger partial charge in [0.05, 0.1) is 28.0 Å². The number of aromatic carboxylic acids is 1. The van der Waals surface area contributed by atoms with E-state index in [0.717, 1.165) is 33.6 Å². The maximum absolute atomic E-state index is 14.4. The number of nitrogens with zero attached hydrogens (tertiary/aromatic N) is 3. The Morgan fingerprint density at radius 3 is 2.67 bits per heavy atom. The van der Waals surface area contributed by atoms with E-state index in [4.69, 9.17) is 5.11 Å². The first-order valence-electron chi connectivity index (χ1n) is 11.5. The quantitative estimate of drug-likeness (QED) is 0.377. The first-order chi connectivity index (χ1) is 17.5. The number of carboxylic acids is 1. The molecule has 3 aromatic heterocycles. The monoisotopic (exact) mass is 480 g/mol. The third-order valence-electron chi connectivity index (χ3n) is 6.75. The van der Waals surface area contributed by atoms with Crippen molar-refractivity contribution in [3.63, 3.8) is 0 Å². The maximum atomic E-state index is 14.4. The fraction of sp³-hybridized carbons (Fsp3) is 0.107. The number of halogens is 1. The number of nitrogens with one attached hydrogen (secondary N) is 1. The van der Waals surface area contributed by atoms with Gasteiger partial charge in [0.15, 0.2) is 0 Å². The Labute approximate surface area is 205 Å². The van der Waals surface area contributed by atoms with Crippen LogP contribution in [0.25, 0.3) is 28.0 Å². The van der Waals surface area contributed by atoms with Gasteiger partial charge in [0.2, 0.25) is 0 Å². The lowest BCUT2D eigenvalue weighted by Crippen LogP contribution is -2.36. The van der Waals surface area contributed by atoms with Crippen LogP contribution in [0.15, 0.2) is 79.1 Å². The van der Waals surface area contributed by atoms with Crippen molar-refractivity contribution in [2.75, 3.05) is 6.54 Å². The topological polar surface area (TPSA) is 90.7 Å². The van der Waals surface area contributed by atoms with E-state index in [9.17, 15) is 14.0 Å². The largest absolute Gasteiger partial charge is 0.478 e. The van der Waals surface area contributed by atoms with Crippen molar-refractivity contribution in [1.82, 2.24) is 19.5 Å². The van der Waals surface area contributed by atoms with E-state index in [1.807, 2.05) is 64.0 Å². The highest BCUT2D eigenvalue weighted by Crippen LogP contribution is 2.33. The van der Waals surface area contributed by atoms with Crippen LogP contribution in [0.1, 0.15) is 31.8 Å². The summed E-state index contributed by atoms with van der Waals surface area (Å²) >= 11 is 0. The van der Waals surface area contributed by atoms with E-state index in [0.29, 0.717) is 30.6 Å². The van der Waals surface area contributed by atoms with Crippen molar-refractivity contribution < 1.29 is 19.1 Å². The van der Waals surface area contributed by atoms with Crippen LogP contribution in [0.3, 0.4) is 0 Å². The number of hydrogen-bond acceptors (Lipinski definition) is 3. The first kappa shape index (κ1) is 21.8. The number of fused-ring (bicyclic) bond motifs is 2. The summed E-state index contributed by atoms with van der Waals surface area (Å²) in [5.74, 6) is -2.12. The average Bonchev–Trinajstić information content (AvgIpc) is 3.55. The molecule has 2 N–H and O–H groups in total. The second-order valence-electron chi connectivity index (χ2n) is 8.79. The van der Waals surface area contributed by atoms with Crippen LogP contribution in [0.4, 0.5) is 4.39 Å². The molecular formula is C28H21FN4O3. The fourth-order valence-electron chi connectivity index (χ4n) is 5.01. The number of carbonyl (C=O) groups excluding carboxylic acids is 1. The second kappa shape index (κ2) is 8.49. The van der Waals surface area contributed by atoms with Crippen LogP contribution in [0, 0.1) is 5.82 Å². The number of rotatable bonds is 4. The predicted octanol–water partition coefficient (Wildman–Crippen LogP) is 5.03. The number of hydrogen-bond donors (Lipinski definition) is 2. The molecule has 2 aromatic carbocycles. The van der Waals surface area contributed by atoms with Crippen LogP contribution in [-0.4, -0.2) is 43.0 Å². The van der Waals surface area contributed by atoms with E-state index >= 15 is 0 Å². The van der Waals surface area contributed by atoms with Crippen LogP contribution < -0.4 is 0 Å². The molecule has 0 saturated heterocycles. The van der Waals surface area contributed by atoms with E-state index < -0.39 is 11.8 Å². The highest BCUT2D eigenvalue weighted by atomic mass is 19.1. The zero-order chi connectivity index (χ0) is 24.8. The summed E-state index contributed by atoms with van der Waals surface area (Å²) in [4.78, 5) is 26.7. The molecule has 5 aromatic rings. The summed E-state index contributed by atoms with van der Waals surface area (Å²) in [6.07, 6.45) is 4.22. The Bertz CT molecular complexity index is 1640. The Morgan fingerprint density at radius 1 is 1.00 bits per heavy atom. The second-order valence-corrected chi connectivity index (χ2v) is 8.79. The zero-order valence-corrected chi connectivity index (χ0v) is 19.1. The fourth-order valence-corrected chi connectivity index (χ4v) is 5.01. The minimum atomic E-state index is -1.29. The van der Waals surface area contributed by atoms with Gasteiger partial charge in [-0.05, 0) is 65.1 Å². The van der Waals surface area contributed by atoms with Crippen molar-refractivity contribution in [2.45, 2.75) is 13.0 Å². The van der Waals surface area contributed by atoms with Gasteiger partial charge in [0.1, 0.15) is 5.82 Å². The molecule has 0 radical (unpaired) electrons. The Balaban J connectivity index is 1.33. The highest BCUT2D eigenvalue weighted by molar-refractivity contribution is 6.03. The number of amides is 1. The Hall–Kier alpha value is -4.72. The third-order valence-corrected chi connectivity index (χ3v) is 6.75. The van der Waals surface area contributed by atoms with E-state index in [2.05, 4.69) is 10.2 Å². The summed E-state index contributed by atoms with van der Waals surface area (Å²) in [6.45, 7) is 0.948. The molecule has 1 aliphatic heterocycles. The molecule has 0 saturated carbocycles. The molecule has 6 rings (SSSR count). The number of carbonyl (C=O) groups is 2. The Kier molecular flexibility index (Phi) is 5.14. The summed E-state index contributed by atoms with van der Waals surface area (Å²) < 4.78 is 16.3. The molecule has 0 atom stereocenters. The molecule has 178 valence electrons. The van der Waals surface area contributed by atoms with Gasteiger partial charge in [-0.25, -0.2) is 9.18 Å². The summed E-state index contributed by atoms with van der Waals surface area (Å²) in [5.41, 5.74) is 6.28. The lowest BCUT2D eigenvalue weighted by molar-refractivity contribution is 0.0690. The van der Waals surface area contributed by atoms with E-state index in [1.54, 1.807) is 12.3 Å². The lowest BCUT2D eigenvalue weighted by atomic mass is 9.90. The van der Waals surface area contributed by atoms with Crippen molar-refractivity contribution in [3.05, 3.63) is 107 Å². The molecule has 0 aliphatic carbocycles. The van der Waals surface area contributed by atoms with Crippen LogP contribution in [0.5, 0.6) is 0 Å². The summed E-state index contributed by atoms with van der Waals surface area (Å²) in [6, 6.07) is 19.5. The van der Waals surface area contributed by atoms with Crippen LogP contribution >= 0.6 is 0 Å². The maximum Gasteiger partial charge on any atom is 0.338 e. The molecule has 0 unspecified atom stereocenters. The van der Waals surface area contributed by atoms with Crippen molar-refractivity contribution in [3.8, 4) is 22.5 Å². The smallest absolute Gasteiger partial charge is 0.338 e. The van der Waals surface area contributed by atoms with Gasteiger partial charge in [-0.1, -0.05) is 30.3 Å². The standard InChI is InChI=1S/C28H21FN4O3/c29-23-14-17(7-8-21(23)28(35)36)19-5-3-4-18-16-32(13-10-20(18)19)27(34)22-15-26(24-9-11-30-31-24)33-12-2-1-6-25(22)33/h1-9,11-12,14-15H,10,13,16H2,(H,30,31)(H,35,36). The molecule has 1 aliphatic rings. The number of carboxylic acid groups (broad SMARTS) is 1. The van der Waals surface area contributed by atoms with Crippen LogP contribution in [0.2, 0.25) is 0 Å². The van der Waals surface area contributed by atoms with E-state index in [-0.39, 0.29) is 11.5 Å².